The number of aryl methyl sites for hydroxylation is 2. The van der Waals surface area contributed by atoms with E-state index in [0.29, 0.717) is 22.2 Å². The summed E-state index contributed by atoms with van der Waals surface area (Å²) in [5, 5.41) is 8.02. The molecule has 0 aliphatic carbocycles. The van der Waals surface area contributed by atoms with Crippen molar-refractivity contribution in [3.63, 3.8) is 0 Å². The first-order valence-electron chi connectivity index (χ1n) is 9.75. The van der Waals surface area contributed by atoms with Gasteiger partial charge in [0.05, 0.1) is 24.3 Å². The summed E-state index contributed by atoms with van der Waals surface area (Å²) in [5.74, 6) is -0.330. The Labute approximate surface area is 169 Å². The van der Waals surface area contributed by atoms with Crippen molar-refractivity contribution in [2.45, 2.75) is 53.1 Å². The number of carbonyl (C=O) groups excluding carboxylic acids is 1. The highest BCUT2D eigenvalue weighted by molar-refractivity contribution is 6.07. The number of aromatic amines is 1. The van der Waals surface area contributed by atoms with Crippen molar-refractivity contribution in [3.8, 4) is 0 Å². The van der Waals surface area contributed by atoms with Crippen molar-refractivity contribution >= 4 is 22.5 Å². The fourth-order valence-corrected chi connectivity index (χ4v) is 3.67. The lowest BCUT2D eigenvalue weighted by Gasteiger charge is -2.15. The van der Waals surface area contributed by atoms with Crippen LogP contribution in [-0.2, 0) is 6.54 Å². The van der Waals surface area contributed by atoms with E-state index in [1.165, 1.54) is 0 Å². The number of H-pyrrole nitrogens is 1. The van der Waals surface area contributed by atoms with Crippen molar-refractivity contribution in [2.24, 2.45) is 0 Å². The number of rotatable bonds is 6. The summed E-state index contributed by atoms with van der Waals surface area (Å²) in [6.45, 7) is 15.4. The standard InChI is InChI=1S/C22H25N5O2/c1-6-16(7-2)27-20-10-15(23-5)9-17(19(20)12-25-27)21(28)24-11-18-13(3)8-14(4)26-22(18)29/h8-10,12,16H,6-7,11H2,1-4H3,(H,24,28)(H,26,29). The molecule has 1 aromatic carbocycles. The Bertz CT molecular complexity index is 1160. The van der Waals surface area contributed by atoms with Gasteiger partial charge in [0.1, 0.15) is 0 Å². The van der Waals surface area contributed by atoms with E-state index in [4.69, 9.17) is 6.57 Å². The number of hydrogen-bond donors (Lipinski definition) is 2. The summed E-state index contributed by atoms with van der Waals surface area (Å²) < 4.78 is 1.90. The summed E-state index contributed by atoms with van der Waals surface area (Å²) in [5.41, 5.74) is 3.49. The molecule has 2 heterocycles. The zero-order valence-electron chi connectivity index (χ0n) is 17.2. The van der Waals surface area contributed by atoms with Gasteiger partial charge in [-0.2, -0.15) is 5.10 Å². The molecule has 3 aromatic rings. The second-order valence-corrected chi connectivity index (χ2v) is 7.22. The third-order valence-corrected chi connectivity index (χ3v) is 5.28. The van der Waals surface area contributed by atoms with E-state index in [-0.39, 0.29) is 24.1 Å². The van der Waals surface area contributed by atoms with Crippen LogP contribution in [0.3, 0.4) is 0 Å². The van der Waals surface area contributed by atoms with Gasteiger partial charge in [0.25, 0.3) is 11.5 Å². The summed E-state index contributed by atoms with van der Waals surface area (Å²) in [4.78, 5) is 31.4. The lowest BCUT2D eigenvalue weighted by atomic mass is 10.1. The quantitative estimate of drug-likeness (QED) is 0.618. The van der Waals surface area contributed by atoms with Crippen molar-refractivity contribution < 1.29 is 4.79 Å². The smallest absolute Gasteiger partial charge is 0.253 e. The summed E-state index contributed by atoms with van der Waals surface area (Å²) >= 11 is 0. The molecular weight excluding hydrogens is 366 g/mol. The molecule has 3 rings (SSSR count). The highest BCUT2D eigenvalue weighted by Gasteiger charge is 2.18. The average Bonchev–Trinajstić information content (AvgIpc) is 3.11. The molecule has 7 nitrogen and oxygen atoms in total. The monoisotopic (exact) mass is 391 g/mol. The van der Waals surface area contributed by atoms with Crippen LogP contribution in [0.1, 0.15) is 59.9 Å². The molecule has 0 bridgehead atoms. The minimum atomic E-state index is -0.330. The first kappa shape index (κ1) is 20.3. The van der Waals surface area contributed by atoms with E-state index in [9.17, 15) is 9.59 Å². The lowest BCUT2D eigenvalue weighted by Crippen LogP contribution is -2.28. The fraction of sp³-hybridized carbons (Fsp3) is 0.364. The van der Waals surface area contributed by atoms with Gasteiger partial charge in [-0.05, 0) is 50.5 Å². The van der Waals surface area contributed by atoms with Gasteiger partial charge in [-0.15, -0.1) is 0 Å². The third kappa shape index (κ3) is 3.92. The minimum absolute atomic E-state index is 0.116. The highest BCUT2D eigenvalue weighted by atomic mass is 16.1. The van der Waals surface area contributed by atoms with E-state index in [1.54, 1.807) is 18.3 Å². The number of fused-ring (bicyclic) bond motifs is 1. The van der Waals surface area contributed by atoms with E-state index in [0.717, 1.165) is 29.6 Å². The molecule has 0 aliphatic heterocycles. The largest absolute Gasteiger partial charge is 0.348 e. The molecule has 2 aromatic heterocycles. The molecule has 0 saturated heterocycles. The lowest BCUT2D eigenvalue weighted by molar-refractivity contribution is 0.0952. The number of benzene rings is 1. The van der Waals surface area contributed by atoms with Crippen LogP contribution in [0.5, 0.6) is 0 Å². The van der Waals surface area contributed by atoms with Crippen LogP contribution in [0.2, 0.25) is 0 Å². The number of amides is 1. The molecule has 0 unspecified atom stereocenters. The van der Waals surface area contributed by atoms with Crippen molar-refractivity contribution in [1.29, 1.82) is 0 Å². The number of nitrogens with one attached hydrogen (secondary N) is 2. The van der Waals surface area contributed by atoms with Crippen LogP contribution in [0.25, 0.3) is 15.7 Å². The number of pyridine rings is 1. The van der Waals surface area contributed by atoms with Crippen LogP contribution in [-0.4, -0.2) is 20.7 Å². The molecule has 29 heavy (non-hydrogen) atoms. The molecule has 2 N–H and O–H groups in total. The van der Waals surface area contributed by atoms with Crippen LogP contribution in [0.4, 0.5) is 5.69 Å². The topological polar surface area (TPSA) is 84.1 Å². The molecule has 0 radical (unpaired) electrons. The van der Waals surface area contributed by atoms with Gasteiger partial charge in [0, 0.05) is 28.8 Å². The number of aromatic nitrogens is 3. The predicted molar refractivity (Wildman–Crippen MR) is 113 cm³/mol. The third-order valence-electron chi connectivity index (χ3n) is 5.28. The Hall–Kier alpha value is -3.40. The van der Waals surface area contributed by atoms with Gasteiger partial charge in [-0.25, -0.2) is 4.85 Å². The minimum Gasteiger partial charge on any atom is -0.348 e. The summed E-state index contributed by atoms with van der Waals surface area (Å²) in [6.07, 6.45) is 3.50. The SMILES string of the molecule is [C-]#[N+]c1cc(C(=O)NCc2c(C)cc(C)[nH]c2=O)c2cnn(C(CC)CC)c2c1. The number of nitrogens with zero attached hydrogens (tertiary/aromatic N) is 3. The molecular formula is C22H25N5O2. The number of carbonyl (C=O) groups is 1. The second kappa shape index (κ2) is 8.31. The van der Waals surface area contributed by atoms with Gasteiger partial charge in [-0.3, -0.25) is 14.3 Å². The first-order valence-corrected chi connectivity index (χ1v) is 9.75. The van der Waals surface area contributed by atoms with Gasteiger partial charge in [0.2, 0.25) is 0 Å². The normalized spacial score (nSPS) is 11.0. The molecule has 0 spiro atoms. The Kier molecular flexibility index (Phi) is 5.83. The van der Waals surface area contributed by atoms with E-state index in [1.807, 2.05) is 24.6 Å². The Morgan fingerprint density at radius 1 is 1.28 bits per heavy atom. The number of hydrogen-bond acceptors (Lipinski definition) is 3. The van der Waals surface area contributed by atoms with Crippen LogP contribution in [0.15, 0.2) is 29.2 Å². The van der Waals surface area contributed by atoms with E-state index in [2.05, 4.69) is 34.1 Å². The molecule has 0 aliphatic rings. The van der Waals surface area contributed by atoms with E-state index >= 15 is 0 Å². The maximum Gasteiger partial charge on any atom is 0.253 e. The fourth-order valence-electron chi connectivity index (χ4n) is 3.67. The summed E-state index contributed by atoms with van der Waals surface area (Å²) in [6, 6.07) is 5.44. The summed E-state index contributed by atoms with van der Waals surface area (Å²) in [7, 11) is 0. The molecule has 7 heteroatoms. The maximum absolute atomic E-state index is 12.9. The molecule has 150 valence electrons. The van der Waals surface area contributed by atoms with Gasteiger partial charge in [-0.1, -0.05) is 13.8 Å². The zero-order chi connectivity index (χ0) is 21.1. The Morgan fingerprint density at radius 2 is 2.00 bits per heavy atom. The van der Waals surface area contributed by atoms with Gasteiger partial charge in [0.15, 0.2) is 5.69 Å². The van der Waals surface area contributed by atoms with Gasteiger partial charge >= 0.3 is 0 Å². The average molecular weight is 391 g/mol. The molecule has 0 fully saturated rings. The zero-order valence-corrected chi connectivity index (χ0v) is 17.2. The highest BCUT2D eigenvalue weighted by Crippen LogP contribution is 2.29. The van der Waals surface area contributed by atoms with Crippen LogP contribution in [0, 0.1) is 20.4 Å². The molecule has 0 saturated carbocycles. The predicted octanol–water partition coefficient (Wildman–Crippen LogP) is 4.18. The molecule has 0 atom stereocenters. The first-order chi connectivity index (χ1) is 13.9. The Balaban J connectivity index is 1.98. The van der Waals surface area contributed by atoms with Crippen LogP contribution < -0.4 is 10.9 Å². The van der Waals surface area contributed by atoms with Crippen molar-refractivity contribution in [2.75, 3.05) is 0 Å². The van der Waals surface area contributed by atoms with Gasteiger partial charge < -0.3 is 10.3 Å². The molecule has 1 amide bonds. The van der Waals surface area contributed by atoms with E-state index < -0.39 is 0 Å². The second-order valence-electron chi connectivity index (χ2n) is 7.22. The van der Waals surface area contributed by atoms with Crippen molar-refractivity contribution in [3.05, 3.63) is 68.6 Å². The van der Waals surface area contributed by atoms with Crippen molar-refractivity contribution in [1.82, 2.24) is 20.1 Å². The van der Waals surface area contributed by atoms with Crippen LogP contribution >= 0.6 is 0 Å². The Morgan fingerprint density at radius 3 is 2.62 bits per heavy atom. The maximum atomic E-state index is 12.9.